The largest absolute Gasteiger partial charge is 0.466 e. The van der Waals surface area contributed by atoms with E-state index in [2.05, 4.69) is 0 Å². The molecule has 0 heterocycles. The molecule has 0 saturated carbocycles. The molecule has 1 aromatic carbocycles. The highest BCUT2D eigenvalue weighted by Gasteiger charge is 2.07. The summed E-state index contributed by atoms with van der Waals surface area (Å²) in [6.45, 7) is 4.67. The maximum atomic E-state index is 11.3. The van der Waals surface area contributed by atoms with E-state index in [0.717, 1.165) is 16.7 Å². The molecule has 3 heteroatoms. The first-order valence-electron chi connectivity index (χ1n) is 5.11. The van der Waals surface area contributed by atoms with Gasteiger partial charge in [-0.2, -0.15) is 0 Å². The van der Waals surface area contributed by atoms with E-state index in [1.165, 1.54) is 0 Å². The molecule has 2 N–H and O–H groups in total. The van der Waals surface area contributed by atoms with E-state index in [9.17, 15) is 4.79 Å². The summed E-state index contributed by atoms with van der Waals surface area (Å²) in [7, 11) is 0. The Hall–Kier alpha value is -1.35. The number of aryl methyl sites for hydroxylation is 1. The fourth-order valence-electron chi connectivity index (χ4n) is 1.49. The molecule has 0 aliphatic heterocycles. The van der Waals surface area contributed by atoms with Crippen molar-refractivity contribution in [2.45, 2.75) is 26.8 Å². The standard InChI is InChI=1S/C12H17NO2/c1-3-15-12(14)7-11-6-9(2)4-5-10(11)8-13/h4-6H,3,7-8,13H2,1-2H3. The van der Waals surface area contributed by atoms with Crippen molar-refractivity contribution in [1.29, 1.82) is 0 Å². The van der Waals surface area contributed by atoms with Crippen LogP contribution in [0, 0.1) is 6.92 Å². The average molecular weight is 207 g/mol. The minimum absolute atomic E-state index is 0.196. The molecule has 0 aromatic heterocycles. The molecule has 0 saturated heterocycles. The second kappa shape index (κ2) is 5.51. The van der Waals surface area contributed by atoms with E-state index < -0.39 is 0 Å². The highest BCUT2D eigenvalue weighted by molar-refractivity contribution is 5.73. The minimum Gasteiger partial charge on any atom is -0.466 e. The van der Waals surface area contributed by atoms with Crippen molar-refractivity contribution in [2.75, 3.05) is 6.61 Å². The van der Waals surface area contributed by atoms with Gasteiger partial charge in [0.2, 0.25) is 0 Å². The van der Waals surface area contributed by atoms with E-state index in [0.29, 0.717) is 19.6 Å². The predicted octanol–water partition coefficient (Wildman–Crippen LogP) is 1.56. The lowest BCUT2D eigenvalue weighted by molar-refractivity contribution is -0.142. The zero-order valence-corrected chi connectivity index (χ0v) is 9.25. The minimum atomic E-state index is -0.196. The number of esters is 1. The first kappa shape index (κ1) is 11.7. The number of carbonyl (C=O) groups excluding carboxylic acids is 1. The van der Waals surface area contributed by atoms with Gasteiger partial charge in [0.15, 0.2) is 0 Å². The maximum absolute atomic E-state index is 11.3. The summed E-state index contributed by atoms with van der Waals surface area (Å²) in [5.41, 5.74) is 8.71. The van der Waals surface area contributed by atoms with Gasteiger partial charge >= 0.3 is 5.97 Å². The molecule has 0 atom stereocenters. The lowest BCUT2D eigenvalue weighted by atomic mass is 10.0. The summed E-state index contributed by atoms with van der Waals surface area (Å²) < 4.78 is 4.91. The van der Waals surface area contributed by atoms with Crippen LogP contribution in [0.15, 0.2) is 18.2 Å². The Morgan fingerprint density at radius 1 is 1.40 bits per heavy atom. The third kappa shape index (κ3) is 3.36. The molecule has 0 fully saturated rings. The number of rotatable bonds is 4. The highest BCUT2D eigenvalue weighted by atomic mass is 16.5. The van der Waals surface area contributed by atoms with Gasteiger partial charge in [0, 0.05) is 6.54 Å². The van der Waals surface area contributed by atoms with Gasteiger partial charge in [-0.25, -0.2) is 0 Å². The second-order valence-electron chi connectivity index (χ2n) is 3.46. The maximum Gasteiger partial charge on any atom is 0.310 e. The average Bonchev–Trinajstić information content (AvgIpc) is 2.18. The van der Waals surface area contributed by atoms with Crippen molar-refractivity contribution in [1.82, 2.24) is 0 Å². The smallest absolute Gasteiger partial charge is 0.310 e. The molecule has 0 bridgehead atoms. The van der Waals surface area contributed by atoms with Gasteiger partial charge in [0.1, 0.15) is 0 Å². The molecular weight excluding hydrogens is 190 g/mol. The topological polar surface area (TPSA) is 52.3 Å². The van der Waals surface area contributed by atoms with Crippen LogP contribution < -0.4 is 5.73 Å². The summed E-state index contributed by atoms with van der Waals surface area (Å²) in [5, 5.41) is 0. The van der Waals surface area contributed by atoms with Gasteiger partial charge in [-0.05, 0) is 25.0 Å². The molecule has 0 amide bonds. The van der Waals surface area contributed by atoms with Crippen LogP contribution in [0.2, 0.25) is 0 Å². The van der Waals surface area contributed by atoms with E-state index in [1.807, 2.05) is 25.1 Å². The molecule has 0 unspecified atom stereocenters. The van der Waals surface area contributed by atoms with Gasteiger partial charge in [-0.15, -0.1) is 0 Å². The Bertz CT molecular complexity index is 347. The van der Waals surface area contributed by atoms with E-state index in [1.54, 1.807) is 6.92 Å². The number of benzene rings is 1. The summed E-state index contributed by atoms with van der Waals surface area (Å²) in [5.74, 6) is -0.196. The van der Waals surface area contributed by atoms with Gasteiger partial charge in [0.25, 0.3) is 0 Å². The Morgan fingerprint density at radius 2 is 2.13 bits per heavy atom. The van der Waals surface area contributed by atoms with Crippen molar-refractivity contribution >= 4 is 5.97 Å². The molecule has 1 rings (SSSR count). The molecule has 3 nitrogen and oxygen atoms in total. The summed E-state index contributed by atoms with van der Waals surface area (Å²) in [6.07, 6.45) is 0.308. The summed E-state index contributed by atoms with van der Waals surface area (Å²) in [4.78, 5) is 11.3. The van der Waals surface area contributed by atoms with Crippen molar-refractivity contribution < 1.29 is 9.53 Å². The van der Waals surface area contributed by atoms with Crippen molar-refractivity contribution in [2.24, 2.45) is 5.73 Å². The first-order valence-corrected chi connectivity index (χ1v) is 5.11. The van der Waals surface area contributed by atoms with E-state index >= 15 is 0 Å². The second-order valence-corrected chi connectivity index (χ2v) is 3.46. The van der Waals surface area contributed by atoms with Crippen molar-refractivity contribution in [3.8, 4) is 0 Å². The number of hydrogen-bond acceptors (Lipinski definition) is 3. The van der Waals surface area contributed by atoms with Gasteiger partial charge < -0.3 is 10.5 Å². The fourth-order valence-corrected chi connectivity index (χ4v) is 1.49. The zero-order valence-electron chi connectivity index (χ0n) is 9.25. The number of ether oxygens (including phenoxy) is 1. The van der Waals surface area contributed by atoms with Crippen molar-refractivity contribution in [3.05, 3.63) is 34.9 Å². The SMILES string of the molecule is CCOC(=O)Cc1cc(C)ccc1CN. The number of nitrogens with two attached hydrogens (primary N) is 1. The van der Waals surface area contributed by atoms with E-state index in [4.69, 9.17) is 10.5 Å². The molecule has 82 valence electrons. The Kier molecular flexibility index (Phi) is 4.31. The highest BCUT2D eigenvalue weighted by Crippen LogP contribution is 2.12. The number of carbonyl (C=O) groups is 1. The normalized spacial score (nSPS) is 10.1. The number of hydrogen-bond donors (Lipinski definition) is 1. The van der Waals surface area contributed by atoms with Crippen LogP contribution in [0.3, 0.4) is 0 Å². The van der Waals surface area contributed by atoms with Crippen LogP contribution in [0.4, 0.5) is 0 Å². The zero-order chi connectivity index (χ0) is 11.3. The van der Waals surface area contributed by atoms with Crippen LogP contribution in [0.5, 0.6) is 0 Å². The summed E-state index contributed by atoms with van der Waals surface area (Å²) in [6, 6.07) is 5.94. The Balaban J connectivity index is 2.82. The van der Waals surface area contributed by atoms with Crippen LogP contribution >= 0.6 is 0 Å². The van der Waals surface area contributed by atoms with Crippen LogP contribution in [-0.4, -0.2) is 12.6 Å². The molecule has 0 radical (unpaired) electrons. The lowest BCUT2D eigenvalue weighted by Crippen LogP contribution is -2.11. The van der Waals surface area contributed by atoms with Crippen LogP contribution in [0.1, 0.15) is 23.6 Å². The molecule has 1 aromatic rings. The van der Waals surface area contributed by atoms with Gasteiger partial charge in [-0.1, -0.05) is 23.8 Å². The third-order valence-corrected chi connectivity index (χ3v) is 2.22. The lowest BCUT2D eigenvalue weighted by Gasteiger charge is -2.08. The van der Waals surface area contributed by atoms with E-state index in [-0.39, 0.29) is 5.97 Å². The quantitative estimate of drug-likeness (QED) is 0.762. The van der Waals surface area contributed by atoms with Gasteiger partial charge in [-0.3, -0.25) is 4.79 Å². The monoisotopic (exact) mass is 207 g/mol. The summed E-state index contributed by atoms with van der Waals surface area (Å²) >= 11 is 0. The third-order valence-electron chi connectivity index (χ3n) is 2.22. The molecule has 0 aliphatic carbocycles. The first-order chi connectivity index (χ1) is 7.17. The fraction of sp³-hybridized carbons (Fsp3) is 0.417. The Labute approximate surface area is 90.2 Å². The molecule has 0 aliphatic rings. The van der Waals surface area contributed by atoms with Crippen LogP contribution in [0.25, 0.3) is 0 Å². The molecule has 0 spiro atoms. The predicted molar refractivity (Wildman–Crippen MR) is 59.4 cm³/mol. The molecular formula is C12H17NO2. The van der Waals surface area contributed by atoms with Gasteiger partial charge in [0.05, 0.1) is 13.0 Å². The van der Waals surface area contributed by atoms with Crippen molar-refractivity contribution in [3.63, 3.8) is 0 Å². The molecule has 15 heavy (non-hydrogen) atoms. The Morgan fingerprint density at radius 3 is 2.73 bits per heavy atom. The van der Waals surface area contributed by atoms with Crippen LogP contribution in [-0.2, 0) is 22.5 Å².